The van der Waals surface area contributed by atoms with E-state index in [9.17, 15) is 0 Å². The number of rotatable bonds is 1. The number of fused-ring (bicyclic) bond motifs is 3. The van der Waals surface area contributed by atoms with E-state index in [2.05, 4.69) is 39.1 Å². The normalized spacial score (nSPS) is 25.1. The summed E-state index contributed by atoms with van der Waals surface area (Å²) >= 11 is 6.35. The molecule has 1 atom stereocenters. The molecule has 25 heavy (non-hydrogen) atoms. The van der Waals surface area contributed by atoms with Crippen molar-refractivity contribution in [2.45, 2.75) is 56.8 Å². The Labute approximate surface area is 154 Å². The van der Waals surface area contributed by atoms with Crippen molar-refractivity contribution in [2.24, 2.45) is 0 Å². The maximum Gasteiger partial charge on any atom is 0.224 e. The zero-order chi connectivity index (χ0) is 16.9. The van der Waals surface area contributed by atoms with Crippen LogP contribution in [0.2, 0.25) is 5.28 Å². The van der Waals surface area contributed by atoms with Crippen LogP contribution >= 0.6 is 11.6 Å². The molecule has 1 saturated heterocycles. The van der Waals surface area contributed by atoms with Gasteiger partial charge in [-0.2, -0.15) is 0 Å². The maximum atomic E-state index is 6.35. The lowest BCUT2D eigenvalue weighted by atomic mass is 9.69. The highest BCUT2D eigenvalue weighted by molar-refractivity contribution is 6.28. The molecule has 0 saturated carbocycles. The smallest absolute Gasteiger partial charge is 0.224 e. The Morgan fingerprint density at radius 1 is 0.960 bits per heavy atom. The van der Waals surface area contributed by atoms with Crippen molar-refractivity contribution in [2.75, 3.05) is 18.0 Å². The molecule has 4 heteroatoms. The van der Waals surface area contributed by atoms with Crippen LogP contribution in [0.25, 0.3) is 0 Å². The van der Waals surface area contributed by atoms with Gasteiger partial charge in [0.25, 0.3) is 0 Å². The SMILES string of the molecule is Clc1nc2c(c(N3CCCCC3)n1)CCC1(CCc3ccccc31)C2. The lowest BCUT2D eigenvalue weighted by molar-refractivity contribution is 0.363. The van der Waals surface area contributed by atoms with Crippen LogP contribution in [0.3, 0.4) is 0 Å². The van der Waals surface area contributed by atoms with E-state index in [1.165, 1.54) is 55.3 Å². The predicted molar refractivity (Wildman–Crippen MR) is 102 cm³/mol. The van der Waals surface area contributed by atoms with Crippen LogP contribution < -0.4 is 4.90 Å². The monoisotopic (exact) mass is 353 g/mol. The fraction of sp³-hybridized carbons (Fsp3) is 0.524. The van der Waals surface area contributed by atoms with Crippen molar-refractivity contribution >= 4 is 17.4 Å². The summed E-state index contributed by atoms with van der Waals surface area (Å²) in [5.41, 5.74) is 5.91. The van der Waals surface area contributed by atoms with Crippen molar-refractivity contribution in [3.05, 3.63) is 51.9 Å². The Hall–Kier alpha value is -1.61. The van der Waals surface area contributed by atoms with Crippen molar-refractivity contribution in [3.63, 3.8) is 0 Å². The molecule has 1 fully saturated rings. The van der Waals surface area contributed by atoms with E-state index in [-0.39, 0.29) is 5.41 Å². The molecule has 130 valence electrons. The Morgan fingerprint density at radius 2 is 1.76 bits per heavy atom. The zero-order valence-electron chi connectivity index (χ0n) is 14.6. The number of hydrogen-bond donors (Lipinski definition) is 0. The number of hydrogen-bond acceptors (Lipinski definition) is 3. The van der Waals surface area contributed by atoms with Gasteiger partial charge in [0.05, 0.1) is 5.69 Å². The van der Waals surface area contributed by atoms with Crippen LogP contribution in [-0.2, 0) is 24.7 Å². The van der Waals surface area contributed by atoms with Crippen LogP contribution in [-0.4, -0.2) is 23.1 Å². The van der Waals surface area contributed by atoms with Crippen molar-refractivity contribution in [3.8, 4) is 0 Å². The lowest BCUT2D eigenvalue weighted by Crippen LogP contribution is -2.36. The Morgan fingerprint density at radius 3 is 2.64 bits per heavy atom. The summed E-state index contributed by atoms with van der Waals surface area (Å²) in [6.45, 7) is 2.21. The van der Waals surface area contributed by atoms with E-state index in [1.54, 1.807) is 5.56 Å². The third-order valence-electron chi connectivity index (χ3n) is 6.52. The molecule has 2 aliphatic carbocycles. The number of aryl methyl sites for hydroxylation is 1. The molecular weight excluding hydrogens is 330 g/mol. The second-order valence-corrected chi connectivity index (χ2v) is 8.24. The number of nitrogens with zero attached hydrogens (tertiary/aromatic N) is 3. The number of benzene rings is 1. The number of halogens is 1. The molecule has 0 N–H and O–H groups in total. The third kappa shape index (κ3) is 2.55. The van der Waals surface area contributed by atoms with Gasteiger partial charge in [0.15, 0.2) is 0 Å². The van der Waals surface area contributed by atoms with Crippen LogP contribution in [0.1, 0.15) is 54.5 Å². The first-order chi connectivity index (χ1) is 12.3. The molecule has 1 aliphatic heterocycles. The van der Waals surface area contributed by atoms with Crippen molar-refractivity contribution < 1.29 is 0 Å². The largest absolute Gasteiger partial charge is 0.356 e. The lowest BCUT2D eigenvalue weighted by Gasteiger charge is -2.38. The van der Waals surface area contributed by atoms with Gasteiger partial charge in [-0.3, -0.25) is 0 Å². The van der Waals surface area contributed by atoms with E-state index >= 15 is 0 Å². The minimum absolute atomic E-state index is 0.264. The van der Waals surface area contributed by atoms with Crippen molar-refractivity contribution in [1.82, 2.24) is 9.97 Å². The van der Waals surface area contributed by atoms with E-state index in [0.29, 0.717) is 5.28 Å². The Bertz CT molecular complexity index is 813. The first-order valence-corrected chi connectivity index (χ1v) is 10.0. The minimum Gasteiger partial charge on any atom is -0.356 e. The van der Waals surface area contributed by atoms with Gasteiger partial charge in [-0.05, 0) is 74.1 Å². The molecule has 2 heterocycles. The first-order valence-electron chi connectivity index (χ1n) is 9.64. The Kier molecular flexibility index (Phi) is 3.74. The number of aromatic nitrogens is 2. The maximum absolute atomic E-state index is 6.35. The van der Waals surface area contributed by atoms with Gasteiger partial charge in [0.2, 0.25) is 5.28 Å². The zero-order valence-corrected chi connectivity index (χ0v) is 15.4. The molecular formula is C21H24ClN3. The highest BCUT2D eigenvalue weighted by atomic mass is 35.5. The molecule has 0 bridgehead atoms. The molecule has 1 spiro atoms. The molecule has 1 aromatic heterocycles. The summed E-state index contributed by atoms with van der Waals surface area (Å²) in [4.78, 5) is 11.8. The summed E-state index contributed by atoms with van der Waals surface area (Å²) in [5, 5.41) is 0.419. The molecule has 0 amide bonds. The fourth-order valence-electron chi connectivity index (χ4n) is 5.24. The van der Waals surface area contributed by atoms with Crippen LogP contribution in [0.4, 0.5) is 5.82 Å². The minimum atomic E-state index is 0.264. The molecule has 3 nitrogen and oxygen atoms in total. The standard InChI is InChI=1S/C21H24ClN3/c22-20-23-18-14-21(10-8-15-6-2-3-7-17(15)21)11-9-16(18)19(24-20)25-12-4-1-5-13-25/h2-3,6-7H,1,4-5,8-14H2. The number of anilines is 1. The molecule has 5 rings (SSSR count). The summed E-state index contributed by atoms with van der Waals surface area (Å²) in [6.07, 6.45) is 9.59. The van der Waals surface area contributed by atoms with Gasteiger partial charge < -0.3 is 4.90 Å². The molecule has 1 aromatic carbocycles. The highest BCUT2D eigenvalue weighted by Gasteiger charge is 2.42. The van der Waals surface area contributed by atoms with Crippen LogP contribution in [0, 0.1) is 0 Å². The molecule has 1 unspecified atom stereocenters. The average Bonchev–Trinajstić information content (AvgIpc) is 3.00. The topological polar surface area (TPSA) is 29.0 Å². The van der Waals surface area contributed by atoms with Crippen LogP contribution in [0.5, 0.6) is 0 Å². The van der Waals surface area contributed by atoms with Gasteiger partial charge in [0.1, 0.15) is 5.82 Å². The fourth-order valence-corrected chi connectivity index (χ4v) is 5.42. The van der Waals surface area contributed by atoms with Crippen LogP contribution in [0.15, 0.2) is 24.3 Å². The van der Waals surface area contributed by atoms with E-state index < -0.39 is 0 Å². The Balaban J connectivity index is 1.54. The average molecular weight is 354 g/mol. The second kappa shape index (κ2) is 5.98. The second-order valence-electron chi connectivity index (χ2n) is 7.90. The summed E-state index contributed by atoms with van der Waals surface area (Å²) in [6, 6.07) is 8.99. The first kappa shape index (κ1) is 15.6. The summed E-state index contributed by atoms with van der Waals surface area (Å²) in [7, 11) is 0. The quantitative estimate of drug-likeness (QED) is 0.707. The van der Waals surface area contributed by atoms with Gasteiger partial charge in [0, 0.05) is 24.1 Å². The predicted octanol–water partition coefficient (Wildman–Crippen LogP) is 4.49. The molecule has 0 radical (unpaired) electrons. The third-order valence-corrected chi connectivity index (χ3v) is 6.69. The van der Waals surface area contributed by atoms with Gasteiger partial charge >= 0.3 is 0 Å². The molecule has 2 aromatic rings. The molecule has 3 aliphatic rings. The number of piperidine rings is 1. The van der Waals surface area contributed by atoms with E-state index in [1.807, 2.05) is 0 Å². The van der Waals surface area contributed by atoms with Gasteiger partial charge in [-0.25, -0.2) is 9.97 Å². The van der Waals surface area contributed by atoms with Gasteiger partial charge in [-0.15, -0.1) is 0 Å². The summed E-state index contributed by atoms with van der Waals surface area (Å²) < 4.78 is 0. The van der Waals surface area contributed by atoms with Crippen molar-refractivity contribution in [1.29, 1.82) is 0 Å². The highest BCUT2D eigenvalue weighted by Crippen LogP contribution is 2.48. The summed E-state index contributed by atoms with van der Waals surface area (Å²) in [5.74, 6) is 1.12. The van der Waals surface area contributed by atoms with Gasteiger partial charge in [-0.1, -0.05) is 24.3 Å². The van der Waals surface area contributed by atoms with E-state index in [0.717, 1.165) is 31.7 Å². The van der Waals surface area contributed by atoms with E-state index in [4.69, 9.17) is 11.6 Å².